The van der Waals surface area contributed by atoms with Crippen molar-refractivity contribution in [2.75, 3.05) is 17.3 Å². The molecule has 0 aliphatic carbocycles. The van der Waals surface area contributed by atoms with Crippen LogP contribution in [0.3, 0.4) is 0 Å². The Morgan fingerprint density at radius 2 is 1.81 bits per heavy atom. The van der Waals surface area contributed by atoms with Gasteiger partial charge in [0, 0.05) is 12.4 Å². The normalized spacial score (nSPS) is 13.3. The minimum absolute atomic E-state index is 0.135. The fourth-order valence-corrected chi connectivity index (χ4v) is 3.48. The highest BCUT2D eigenvalue weighted by atomic mass is 35.5. The van der Waals surface area contributed by atoms with E-state index in [1.165, 1.54) is 4.90 Å². The number of halogens is 1. The van der Waals surface area contributed by atoms with E-state index in [0.29, 0.717) is 5.69 Å². The number of fused-ring (bicyclic) bond motifs is 1. The van der Waals surface area contributed by atoms with Gasteiger partial charge in [-0.2, -0.15) is 0 Å². The largest absolute Gasteiger partial charge is 0.351 e. The number of alkyl halides is 1. The molecule has 3 amide bonds. The molecule has 2 aromatic carbocycles. The first-order chi connectivity index (χ1) is 12.9. The lowest BCUT2D eigenvalue weighted by Crippen LogP contribution is -2.32. The molecule has 1 aliphatic rings. The van der Waals surface area contributed by atoms with Crippen LogP contribution in [0.4, 0.5) is 5.69 Å². The number of imide groups is 1. The van der Waals surface area contributed by atoms with Gasteiger partial charge in [-0.05, 0) is 36.1 Å². The van der Waals surface area contributed by atoms with E-state index in [4.69, 9.17) is 11.6 Å². The summed E-state index contributed by atoms with van der Waals surface area (Å²) in [7, 11) is 0. The number of rotatable bonds is 5. The lowest BCUT2D eigenvalue weighted by atomic mass is 9.97. The maximum Gasteiger partial charge on any atom is 0.266 e. The minimum atomic E-state index is -0.470. The Balaban J connectivity index is 2.13. The summed E-state index contributed by atoms with van der Waals surface area (Å²) in [5, 5.41) is 2.66. The monoisotopic (exact) mass is 384 g/mol. The Hall–Kier alpha value is -2.66. The van der Waals surface area contributed by atoms with Crippen LogP contribution in [0.25, 0.3) is 0 Å². The van der Waals surface area contributed by atoms with Crippen molar-refractivity contribution < 1.29 is 14.4 Å². The average Bonchev–Trinajstić information content (AvgIpc) is 2.90. The minimum Gasteiger partial charge on any atom is -0.351 e. The Labute approximate surface area is 163 Å². The quantitative estimate of drug-likeness (QED) is 0.628. The van der Waals surface area contributed by atoms with Gasteiger partial charge in [0.2, 0.25) is 0 Å². The highest BCUT2D eigenvalue weighted by Gasteiger charge is 2.41. The number of amides is 3. The van der Waals surface area contributed by atoms with Gasteiger partial charge in [-0.25, -0.2) is 4.90 Å². The van der Waals surface area contributed by atoms with Gasteiger partial charge < -0.3 is 5.32 Å². The molecule has 1 aliphatic heterocycles. The first-order valence-corrected chi connectivity index (χ1v) is 9.37. The zero-order chi connectivity index (χ0) is 19.7. The number of hydrogen-bond donors (Lipinski definition) is 1. The second-order valence-corrected chi connectivity index (χ2v) is 7.16. The van der Waals surface area contributed by atoms with Gasteiger partial charge in [0.1, 0.15) is 0 Å². The fraction of sp³-hybridized carbons (Fsp3) is 0.286. The van der Waals surface area contributed by atoms with Gasteiger partial charge in [-0.3, -0.25) is 14.4 Å². The van der Waals surface area contributed by atoms with Crippen LogP contribution in [0.2, 0.25) is 0 Å². The molecule has 0 radical (unpaired) electrons. The Morgan fingerprint density at radius 3 is 2.48 bits per heavy atom. The first kappa shape index (κ1) is 19.1. The molecule has 0 aromatic heterocycles. The Bertz CT molecular complexity index is 937. The number of nitrogens with zero attached hydrogens (tertiary/aromatic N) is 1. The third-order valence-electron chi connectivity index (χ3n) is 4.65. The second-order valence-electron chi connectivity index (χ2n) is 6.79. The Kier molecular flexibility index (Phi) is 5.33. The van der Waals surface area contributed by atoms with E-state index in [1.54, 1.807) is 18.2 Å². The molecular formula is C21H21ClN2O3. The van der Waals surface area contributed by atoms with Crippen LogP contribution in [0.5, 0.6) is 0 Å². The molecule has 140 valence electrons. The van der Waals surface area contributed by atoms with Crippen LogP contribution >= 0.6 is 11.6 Å². The van der Waals surface area contributed by atoms with E-state index in [9.17, 15) is 14.4 Å². The van der Waals surface area contributed by atoms with Crippen LogP contribution < -0.4 is 10.2 Å². The molecule has 0 fully saturated rings. The van der Waals surface area contributed by atoms with Crippen molar-refractivity contribution in [1.82, 2.24) is 5.32 Å². The zero-order valence-corrected chi connectivity index (χ0v) is 16.3. The molecule has 3 rings (SSSR count). The van der Waals surface area contributed by atoms with Crippen molar-refractivity contribution >= 4 is 35.0 Å². The standard InChI is InChI=1S/C21H21ClN2O3/c1-12(2)14-7-4-6-13(3)18(14)24-20(26)16-9-5-8-15(17(16)21(24)27)19(25)23-11-10-22/h4-9,12H,10-11H2,1-3H3,(H,23,25). The molecule has 0 atom stereocenters. The maximum atomic E-state index is 13.2. The topological polar surface area (TPSA) is 66.5 Å². The van der Waals surface area contributed by atoms with Gasteiger partial charge in [0.15, 0.2) is 0 Å². The molecule has 1 heterocycles. The van der Waals surface area contributed by atoms with Gasteiger partial charge in [0.05, 0.1) is 22.4 Å². The van der Waals surface area contributed by atoms with Crippen molar-refractivity contribution in [3.63, 3.8) is 0 Å². The maximum absolute atomic E-state index is 13.2. The van der Waals surface area contributed by atoms with Crippen LogP contribution in [-0.2, 0) is 0 Å². The van der Waals surface area contributed by atoms with Crippen molar-refractivity contribution in [1.29, 1.82) is 0 Å². The fourth-order valence-electron chi connectivity index (χ4n) is 3.39. The average molecular weight is 385 g/mol. The summed E-state index contributed by atoms with van der Waals surface area (Å²) in [6.07, 6.45) is 0. The molecule has 1 N–H and O–H groups in total. The van der Waals surface area contributed by atoms with Crippen LogP contribution in [0, 0.1) is 6.92 Å². The van der Waals surface area contributed by atoms with E-state index in [2.05, 4.69) is 5.32 Å². The second kappa shape index (κ2) is 7.53. The van der Waals surface area contributed by atoms with E-state index in [1.807, 2.05) is 39.0 Å². The summed E-state index contributed by atoms with van der Waals surface area (Å²) in [5.41, 5.74) is 2.94. The van der Waals surface area contributed by atoms with E-state index in [0.717, 1.165) is 11.1 Å². The predicted octanol–water partition coefficient (Wildman–Crippen LogP) is 3.89. The van der Waals surface area contributed by atoms with E-state index in [-0.39, 0.29) is 35.0 Å². The van der Waals surface area contributed by atoms with E-state index >= 15 is 0 Å². The summed E-state index contributed by atoms with van der Waals surface area (Å²) in [4.78, 5) is 40.0. The third-order valence-corrected chi connectivity index (χ3v) is 4.84. The molecule has 2 aromatic rings. The highest BCUT2D eigenvalue weighted by molar-refractivity contribution is 6.36. The number of carbonyl (C=O) groups excluding carboxylic acids is 3. The SMILES string of the molecule is Cc1cccc(C(C)C)c1N1C(=O)c2cccc(C(=O)NCCCl)c2C1=O. The van der Waals surface area contributed by atoms with Crippen molar-refractivity contribution in [2.24, 2.45) is 0 Å². The first-order valence-electron chi connectivity index (χ1n) is 8.84. The highest BCUT2D eigenvalue weighted by Crippen LogP contribution is 2.37. The number of aryl methyl sites for hydroxylation is 1. The van der Waals surface area contributed by atoms with Gasteiger partial charge in [-0.15, -0.1) is 11.6 Å². The van der Waals surface area contributed by atoms with Crippen LogP contribution in [0.1, 0.15) is 62.0 Å². The zero-order valence-electron chi connectivity index (χ0n) is 15.5. The van der Waals surface area contributed by atoms with Crippen molar-refractivity contribution in [3.05, 3.63) is 64.2 Å². The molecule has 5 nitrogen and oxygen atoms in total. The summed E-state index contributed by atoms with van der Waals surface area (Å²) in [5.74, 6) is -0.887. The third kappa shape index (κ3) is 3.23. The lowest BCUT2D eigenvalue weighted by Gasteiger charge is -2.22. The molecule has 0 unspecified atom stereocenters. The molecule has 0 saturated carbocycles. The lowest BCUT2D eigenvalue weighted by molar-refractivity contribution is 0.0911. The number of benzene rings is 2. The molecule has 6 heteroatoms. The van der Waals surface area contributed by atoms with E-state index < -0.39 is 17.7 Å². The number of para-hydroxylation sites is 1. The predicted molar refractivity (Wildman–Crippen MR) is 106 cm³/mol. The number of nitrogens with one attached hydrogen (secondary N) is 1. The summed E-state index contributed by atoms with van der Waals surface area (Å²) >= 11 is 5.63. The van der Waals surface area contributed by atoms with Crippen LogP contribution in [-0.4, -0.2) is 30.1 Å². The number of hydrogen-bond acceptors (Lipinski definition) is 3. The molecule has 27 heavy (non-hydrogen) atoms. The molecule has 0 bridgehead atoms. The summed E-state index contributed by atoms with van der Waals surface area (Å²) in [6.45, 7) is 6.19. The Morgan fingerprint density at radius 1 is 1.11 bits per heavy atom. The van der Waals surface area contributed by atoms with Gasteiger partial charge >= 0.3 is 0 Å². The smallest absolute Gasteiger partial charge is 0.266 e. The molecular weight excluding hydrogens is 364 g/mol. The van der Waals surface area contributed by atoms with Crippen molar-refractivity contribution in [3.8, 4) is 0 Å². The molecule has 0 saturated heterocycles. The van der Waals surface area contributed by atoms with Gasteiger partial charge in [-0.1, -0.05) is 38.1 Å². The summed E-state index contributed by atoms with van der Waals surface area (Å²) in [6, 6.07) is 10.5. The molecule has 0 spiro atoms. The summed E-state index contributed by atoms with van der Waals surface area (Å²) < 4.78 is 0. The number of carbonyl (C=O) groups is 3. The van der Waals surface area contributed by atoms with Gasteiger partial charge in [0.25, 0.3) is 17.7 Å². The van der Waals surface area contributed by atoms with Crippen molar-refractivity contribution in [2.45, 2.75) is 26.7 Å². The van der Waals surface area contributed by atoms with Crippen LogP contribution in [0.15, 0.2) is 36.4 Å². The number of anilines is 1.